The van der Waals surface area contributed by atoms with Gasteiger partial charge in [-0.1, -0.05) is 42.5 Å². The summed E-state index contributed by atoms with van der Waals surface area (Å²) in [5, 5.41) is 11.2. The van der Waals surface area contributed by atoms with Gasteiger partial charge in [-0.25, -0.2) is 0 Å². The lowest BCUT2D eigenvalue weighted by molar-refractivity contribution is -0.137. The molecule has 21 heavy (non-hydrogen) atoms. The van der Waals surface area contributed by atoms with Crippen LogP contribution in [0.15, 0.2) is 54.6 Å². The molecule has 0 spiro atoms. The van der Waals surface area contributed by atoms with E-state index in [0.29, 0.717) is 18.5 Å². The van der Waals surface area contributed by atoms with Gasteiger partial charge in [0.15, 0.2) is 0 Å². The van der Waals surface area contributed by atoms with Gasteiger partial charge in [0.05, 0.1) is 0 Å². The molecule has 0 aliphatic heterocycles. The van der Waals surface area contributed by atoms with Gasteiger partial charge in [0.1, 0.15) is 0 Å². The summed E-state index contributed by atoms with van der Waals surface area (Å²) in [6, 6.07) is 17.3. The topological polar surface area (TPSA) is 66.4 Å². The van der Waals surface area contributed by atoms with Crippen LogP contribution in [-0.4, -0.2) is 23.5 Å². The molecule has 1 amide bonds. The third-order valence-electron chi connectivity index (χ3n) is 3.11. The summed E-state index contributed by atoms with van der Waals surface area (Å²) in [6.07, 6.45) is 0.496. The Kier molecular flexibility index (Phi) is 5.10. The highest BCUT2D eigenvalue weighted by atomic mass is 16.4. The average molecular weight is 283 g/mol. The average Bonchev–Trinajstić information content (AvgIpc) is 2.52. The first-order valence-corrected chi connectivity index (χ1v) is 6.82. The monoisotopic (exact) mass is 283 g/mol. The molecular formula is C17H17NO3. The maximum Gasteiger partial charge on any atom is 0.303 e. The molecule has 0 saturated carbocycles. The number of nitrogens with one attached hydrogen (secondary N) is 1. The van der Waals surface area contributed by atoms with Gasteiger partial charge in [-0.05, 0) is 29.7 Å². The first kappa shape index (κ1) is 14.8. The van der Waals surface area contributed by atoms with E-state index in [1.54, 1.807) is 12.1 Å². The molecule has 2 aromatic carbocycles. The maximum atomic E-state index is 11.9. The molecule has 2 N–H and O–H groups in total. The van der Waals surface area contributed by atoms with Gasteiger partial charge in [0.25, 0.3) is 5.91 Å². The molecule has 4 heteroatoms. The van der Waals surface area contributed by atoms with Crippen molar-refractivity contribution in [1.29, 1.82) is 0 Å². The van der Waals surface area contributed by atoms with E-state index in [2.05, 4.69) is 5.32 Å². The van der Waals surface area contributed by atoms with Crippen molar-refractivity contribution in [1.82, 2.24) is 5.32 Å². The molecule has 2 aromatic rings. The van der Waals surface area contributed by atoms with Gasteiger partial charge in [-0.3, -0.25) is 9.59 Å². The van der Waals surface area contributed by atoms with Crippen LogP contribution in [0, 0.1) is 0 Å². The number of carbonyl (C=O) groups excluding carboxylic acids is 1. The molecule has 2 rings (SSSR count). The number of aliphatic carboxylic acids is 1. The molecular weight excluding hydrogens is 266 g/mol. The highest BCUT2D eigenvalue weighted by molar-refractivity contribution is 5.94. The molecule has 0 aromatic heterocycles. The second-order valence-electron chi connectivity index (χ2n) is 4.70. The van der Waals surface area contributed by atoms with Gasteiger partial charge in [-0.2, -0.15) is 0 Å². The van der Waals surface area contributed by atoms with E-state index in [1.165, 1.54) is 0 Å². The van der Waals surface area contributed by atoms with Crippen molar-refractivity contribution in [2.75, 3.05) is 6.54 Å². The number of amides is 1. The summed E-state index contributed by atoms with van der Waals surface area (Å²) in [6.45, 7) is 0.367. The Labute approximate surface area is 123 Å². The molecule has 0 aliphatic carbocycles. The lowest BCUT2D eigenvalue weighted by Crippen LogP contribution is -2.24. The largest absolute Gasteiger partial charge is 0.481 e. The van der Waals surface area contributed by atoms with Crippen molar-refractivity contribution >= 4 is 11.9 Å². The highest BCUT2D eigenvalue weighted by Gasteiger charge is 2.05. The Morgan fingerprint density at radius 3 is 2.14 bits per heavy atom. The van der Waals surface area contributed by atoms with Crippen molar-refractivity contribution in [3.05, 3.63) is 60.2 Å². The van der Waals surface area contributed by atoms with Crippen molar-refractivity contribution in [3.8, 4) is 11.1 Å². The van der Waals surface area contributed by atoms with Gasteiger partial charge < -0.3 is 10.4 Å². The molecule has 0 unspecified atom stereocenters. The lowest BCUT2D eigenvalue weighted by Gasteiger charge is -2.06. The number of carboxylic acid groups (broad SMARTS) is 1. The van der Waals surface area contributed by atoms with Crippen LogP contribution >= 0.6 is 0 Å². The fraction of sp³-hybridized carbons (Fsp3) is 0.176. The normalized spacial score (nSPS) is 10.1. The minimum absolute atomic E-state index is 0.0627. The zero-order valence-corrected chi connectivity index (χ0v) is 11.6. The minimum atomic E-state index is -0.850. The maximum absolute atomic E-state index is 11.9. The molecule has 4 nitrogen and oxygen atoms in total. The standard InChI is InChI=1S/C17H17NO3/c19-16(20)7-4-12-18-17(21)15-10-8-14(9-11-15)13-5-2-1-3-6-13/h1-3,5-6,8-11H,4,7,12H2,(H,18,21)(H,19,20). The Bertz CT molecular complexity index is 606. The predicted molar refractivity (Wildman–Crippen MR) is 81.1 cm³/mol. The quantitative estimate of drug-likeness (QED) is 0.801. The van der Waals surface area contributed by atoms with Crippen LogP contribution in [0.4, 0.5) is 0 Å². The van der Waals surface area contributed by atoms with E-state index >= 15 is 0 Å². The predicted octanol–water partition coefficient (Wildman–Crippen LogP) is 2.95. The Balaban J connectivity index is 1.93. The fourth-order valence-corrected chi connectivity index (χ4v) is 1.99. The zero-order valence-electron chi connectivity index (χ0n) is 11.6. The number of hydrogen-bond donors (Lipinski definition) is 2. The van der Waals surface area contributed by atoms with Crippen LogP contribution < -0.4 is 5.32 Å². The van der Waals surface area contributed by atoms with Crippen molar-refractivity contribution in [3.63, 3.8) is 0 Å². The number of carboxylic acids is 1. The summed E-state index contributed by atoms with van der Waals surface area (Å²) >= 11 is 0. The Morgan fingerprint density at radius 2 is 1.52 bits per heavy atom. The number of benzene rings is 2. The van der Waals surface area contributed by atoms with Gasteiger partial charge in [-0.15, -0.1) is 0 Å². The van der Waals surface area contributed by atoms with E-state index in [1.807, 2.05) is 42.5 Å². The summed E-state index contributed by atoms with van der Waals surface area (Å²) < 4.78 is 0. The molecule has 0 saturated heterocycles. The van der Waals surface area contributed by atoms with Crippen LogP contribution in [0.5, 0.6) is 0 Å². The SMILES string of the molecule is O=C(O)CCCNC(=O)c1ccc(-c2ccccc2)cc1. The third-order valence-corrected chi connectivity index (χ3v) is 3.11. The van der Waals surface area contributed by atoms with Crippen LogP contribution in [-0.2, 0) is 4.79 Å². The van der Waals surface area contributed by atoms with Gasteiger partial charge >= 0.3 is 5.97 Å². The van der Waals surface area contributed by atoms with E-state index in [-0.39, 0.29) is 12.3 Å². The minimum Gasteiger partial charge on any atom is -0.481 e. The smallest absolute Gasteiger partial charge is 0.303 e. The first-order chi connectivity index (χ1) is 10.2. The van der Waals surface area contributed by atoms with E-state index < -0.39 is 5.97 Å². The number of carbonyl (C=O) groups is 2. The molecule has 0 bridgehead atoms. The summed E-state index contributed by atoms with van der Waals surface area (Å²) in [5.74, 6) is -1.03. The van der Waals surface area contributed by atoms with E-state index in [4.69, 9.17) is 5.11 Å². The lowest BCUT2D eigenvalue weighted by atomic mass is 10.0. The fourth-order valence-electron chi connectivity index (χ4n) is 1.99. The number of rotatable bonds is 6. The highest BCUT2D eigenvalue weighted by Crippen LogP contribution is 2.19. The van der Waals surface area contributed by atoms with Crippen molar-refractivity contribution < 1.29 is 14.7 Å². The second-order valence-corrected chi connectivity index (χ2v) is 4.70. The van der Waals surface area contributed by atoms with E-state index in [9.17, 15) is 9.59 Å². The van der Waals surface area contributed by atoms with Gasteiger partial charge in [0, 0.05) is 18.5 Å². The summed E-state index contributed by atoms with van der Waals surface area (Å²) in [4.78, 5) is 22.3. The summed E-state index contributed by atoms with van der Waals surface area (Å²) in [5.41, 5.74) is 2.73. The number of hydrogen-bond acceptors (Lipinski definition) is 2. The van der Waals surface area contributed by atoms with Crippen molar-refractivity contribution in [2.45, 2.75) is 12.8 Å². The Hall–Kier alpha value is -2.62. The molecule has 0 fully saturated rings. The first-order valence-electron chi connectivity index (χ1n) is 6.82. The molecule has 0 heterocycles. The molecule has 0 aliphatic rings. The molecule has 0 radical (unpaired) electrons. The summed E-state index contributed by atoms with van der Waals surface area (Å²) in [7, 11) is 0. The Morgan fingerprint density at radius 1 is 0.905 bits per heavy atom. The van der Waals surface area contributed by atoms with Gasteiger partial charge in [0.2, 0.25) is 0 Å². The zero-order chi connectivity index (χ0) is 15.1. The van der Waals surface area contributed by atoms with Crippen LogP contribution in [0.2, 0.25) is 0 Å². The second kappa shape index (κ2) is 7.24. The van der Waals surface area contributed by atoms with Crippen LogP contribution in [0.25, 0.3) is 11.1 Å². The molecule has 108 valence electrons. The van der Waals surface area contributed by atoms with Crippen LogP contribution in [0.3, 0.4) is 0 Å². The van der Waals surface area contributed by atoms with E-state index in [0.717, 1.165) is 11.1 Å². The van der Waals surface area contributed by atoms with Crippen molar-refractivity contribution in [2.24, 2.45) is 0 Å². The third kappa shape index (κ3) is 4.45. The van der Waals surface area contributed by atoms with Crippen LogP contribution in [0.1, 0.15) is 23.2 Å². The molecule has 0 atom stereocenters.